The van der Waals surface area contributed by atoms with Crippen LogP contribution in [0.25, 0.3) is 11.3 Å². The van der Waals surface area contributed by atoms with Gasteiger partial charge in [0, 0.05) is 12.5 Å². The van der Waals surface area contributed by atoms with Gasteiger partial charge in [-0.3, -0.25) is 0 Å². The lowest BCUT2D eigenvalue weighted by Gasteiger charge is -2.20. The highest BCUT2D eigenvalue weighted by molar-refractivity contribution is 5.69. The van der Waals surface area contributed by atoms with Crippen LogP contribution in [-0.4, -0.2) is 23.3 Å². The van der Waals surface area contributed by atoms with Crippen molar-refractivity contribution in [2.75, 3.05) is 13.2 Å². The molecule has 0 unspecified atom stereocenters. The van der Waals surface area contributed by atoms with E-state index in [1.165, 1.54) is 0 Å². The molecule has 5 nitrogen and oxygen atoms in total. The molecule has 0 bridgehead atoms. The molecular formula is C14H15NO4. The van der Waals surface area contributed by atoms with Crippen LogP contribution in [0.5, 0.6) is 11.5 Å². The summed E-state index contributed by atoms with van der Waals surface area (Å²) in [6.07, 6.45) is 0. The van der Waals surface area contributed by atoms with Crippen molar-refractivity contribution in [3.63, 3.8) is 0 Å². The lowest BCUT2D eigenvalue weighted by Crippen LogP contribution is -2.15. The number of ether oxygens (including phenoxy) is 2. The molecule has 2 aromatic rings. The topological polar surface area (TPSA) is 64.7 Å². The van der Waals surface area contributed by atoms with Crippen LogP contribution >= 0.6 is 0 Å². The molecule has 0 saturated heterocycles. The minimum Gasteiger partial charge on any atom is -0.486 e. The zero-order valence-corrected chi connectivity index (χ0v) is 10.9. The van der Waals surface area contributed by atoms with Gasteiger partial charge in [-0.1, -0.05) is 0 Å². The van der Waals surface area contributed by atoms with E-state index in [-0.39, 0.29) is 6.61 Å². The standard InChI is InChI=1S/C14H15NO4/c1-8-14(19-9(2)15-8)11-6-13-12(5-10(11)7-16)17-3-4-18-13/h5-6,16H,3-4,7H2,1-2H3. The molecule has 1 N–H and O–H groups in total. The number of aliphatic hydroxyl groups excluding tert-OH is 1. The highest BCUT2D eigenvalue weighted by atomic mass is 16.6. The van der Waals surface area contributed by atoms with Gasteiger partial charge >= 0.3 is 0 Å². The molecule has 1 aromatic carbocycles. The van der Waals surface area contributed by atoms with E-state index >= 15 is 0 Å². The third-order valence-corrected chi connectivity index (χ3v) is 3.09. The molecule has 2 heterocycles. The maximum atomic E-state index is 9.52. The molecule has 0 spiro atoms. The van der Waals surface area contributed by atoms with Crippen molar-refractivity contribution >= 4 is 0 Å². The Morgan fingerprint density at radius 3 is 2.42 bits per heavy atom. The maximum absolute atomic E-state index is 9.52. The zero-order valence-electron chi connectivity index (χ0n) is 10.9. The van der Waals surface area contributed by atoms with Gasteiger partial charge < -0.3 is 19.0 Å². The number of aromatic nitrogens is 1. The highest BCUT2D eigenvalue weighted by Gasteiger charge is 2.20. The van der Waals surface area contributed by atoms with Crippen LogP contribution in [0.1, 0.15) is 17.1 Å². The average Bonchev–Trinajstić information content (AvgIpc) is 2.76. The molecule has 1 aliphatic heterocycles. The second-order valence-electron chi connectivity index (χ2n) is 4.46. The summed E-state index contributed by atoms with van der Waals surface area (Å²) in [5.41, 5.74) is 2.33. The predicted octanol–water partition coefficient (Wildman–Crippen LogP) is 2.22. The average molecular weight is 261 g/mol. The number of aryl methyl sites for hydroxylation is 2. The number of hydrogen-bond donors (Lipinski definition) is 1. The second kappa shape index (κ2) is 4.59. The van der Waals surface area contributed by atoms with E-state index in [0.29, 0.717) is 36.4 Å². The van der Waals surface area contributed by atoms with E-state index in [1.807, 2.05) is 13.0 Å². The highest BCUT2D eigenvalue weighted by Crippen LogP contribution is 2.38. The number of rotatable bonds is 2. The Bertz CT molecular complexity index is 618. The van der Waals surface area contributed by atoms with E-state index in [0.717, 1.165) is 16.8 Å². The van der Waals surface area contributed by atoms with Crippen molar-refractivity contribution < 1.29 is 19.0 Å². The van der Waals surface area contributed by atoms with Crippen LogP contribution in [0.4, 0.5) is 0 Å². The lowest BCUT2D eigenvalue weighted by atomic mass is 10.0. The second-order valence-corrected chi connectivity index (χ2v) is 4.46. The van der Waals surface area contributed by atoms with E-state index in [9.17, 15) is 5.11 Å². The van der Waals surface area contributed by atoms with Gasteiger partial charge in [0.2, 0.25) is 0 Å². The zero-order chi connectivity index (χ0) is 13.4. The van der Waals surface area contributed by atoms with E-state index < -0.39 is 0 Å². The molecule has 0 atom stereocenters. The number of oxazole rings is 1. The summed E-state index contributed by atoms with van der Waals surface area (Å²) >= 11 is 0. The van der Waals surface area contributed by atoms with Crippen LogP contribution in [0.15, 0.2) is 16.5 Å². The fourth-order valence-corrected chi connectivity index (χ4v) is 2.25. The van der Waals surface area contributed by atoms with Crippen LogP contribution in [0, 0.1) is 13.8 Å². The summed E-state index contributed by atoms with van der Waals surface area (Å²) in [7, 11) is 0. The Hall–Kier alpha value is -2.01. The van der Waals surface area contributed by atoms with Crippen molar-refractivity contribution in [3.8, 4) is 22.8 Å². The summed E-state index contributed by atoms with van der Waals surface area (Å²) < 4.78 is 16.7. The quantitative estimate of drug-likeness (QED) is 0.898. The Balaban J connectivity index is 2.16. The van der Waals surface area contributed by atoms with Crippen LogP contribution < -0.4 is 9.47 Å². The van der Waals surface area contributed by atoms with Crippen molar-refractivity contribution in [1.82, 2.24) is 4.98 Å². The predicted molar refractivity (Wildman–Crippen MR) is 68.3 cm³/mol. The molecule has 5 heteroatoms. The molecule has 0 radical (unpaired) electrons. The third kappa shape index (κ3) is 2.06. The SMILES string of the molecule is Cc1nc(C)c(-c2cc3c(cc2CO)OCCO3)o1. The molecule has 100 valence electrons. The Morgan fingerprint density at radius 1 is 1.16 bits per heavy atom. The van der Waals surface area contributed by atoms with Crippen molar-refractivity contribution in [1.29, 1.82) is 0 Å². The lowest BCUT2D eigenvalue weighted by molar-refractivity contribution is 0.171. The van der Waals surface area contributed by atoms with Gasteiger partial charge in [-0.15, -0.1) is 0 Å². The molecule has 1 aromatic heterocycles. The van der Waals surface area contributed by atoms with Gasteiger partial charge in [-0.05, 0) is 24.6 Å². The van der Waals surface area contributed by atoms with Crippen molar-refractivity contribution in [3.05, 3.63) is 29.3 Å². The summed E-state index contributed by atoms with van der Waals surface area (Å²) in [6, 6.07) is 3.63. The van der Waals surface area contributed by atoms with Crippen molar-refractivity contribution in [2.24, 2.45) is 0 Å². The first-order valence-corrected chi connectivity index (χ1v) is 6.17. The first-order valence-electron chi connectivity index (χ1n) is 6.17. The Kier molecular flexibility index (Phi) is 2.91. The first kappa shape index (κ1) is 12.0. The van der Waals surface area contributed by atoms with Gasteiger partial charge in [0.25, 0.3) is 0 Å². The number of fused-ring (bicyclic) bond motifs is 1. The van der Waals surface area contributed by atoms with Gasteiger partial charge in [0.15, 0.2) is 23.1 Å². The molecule has 1 aliphatic rings. The molecule has 0 saturated carbocycles. The smallest absolute Gasteiger partial charge is 0.192 e. The largest absolute Gasteiger partial charge is 0.486 e. The monoisotopic (exact) mass is 261 g/mol. The van der Waals surface area contributed by atoms with Gasteiger partial charge in [-0.2, -0.15) is 0 Å². The van der Waals surface area contributed by atoms with Crippen LogP contribution in [0.3, 0.4) is 0 Å². The number of aliphatic hydroxyl groups is 1. The fourth-order valence-electron chi connectivity index (χ4n) is 2.25. The third-order valence-electron chi connectivity index (χ3n) is 3.09. The fraction of sp³-hybridized carbons (Fsp3) is 0.357. The molecule has 0 fully saturated rings. The molecule has 0 amide bonds. The summed E-state index contributed by atoms with van der Waals surface area (Å²) in [5.74, 6) is 2.60. The Morgan fingerprint density at radius 2 is 1.84 bits per heavy atom. The van der Waals surface area contributed by atoms with Crippen LogP contribution in [0.2, 0.25) is 0 Å². The minimum absolute atomic E-state index is 0.0921. The van der Waals surface area contributed by atoms with Crippen LogP contribution in [-0.2, 0) is 6.61 Å². The Labute approximate surface area is 110 Å². The first-order chi connectivity index (χ1) is 9.19. The van der Waals surface area contributed by atoms with E-state index in [2.05, 4.69) is 4.98 Å². The molecule has 19 heavy (non-hydrogen) atoms. The van der Waals surface area contributed by atoms with E-state index in [1.54, 1.807) is 13.0 Å². The van der Waals surface area contributed by atoms with E-state index in [4.69, 9.17) is 13.9 Å². The van der Waals surface area contributed by atoms with Crippen molar-refractivity contribution in [2.45, 2.75) is 20.5 Å². The summed E-state index contributed by atoms with van der Waals surface area (Å²) in [5, 5.41) is 9.52. The molecule has 0 aliphatic carbocycles. The maximum Gasteiger partial charge on any atom is 0.192 e. The molecular weight excluding hydrogens is 246 g/mol. The number of hydrogen-bond acceptors (Lipinski definition) is 5. The summed E-state index contributed by atoms with van der Waals surface area (Å²) in [6.45, 7) is 4.64. The minimum atomic E-state index is -0.0921. The normalized spacial score (nSPS) is 13.6. The van der Waals surface area contributed by atoms with Gasteiger partial charge in [-0.25, -0.2) is 4.98 Å². The van der Waals surface area contributed by atoms with Gasteiger partial charge in [0.05, 0.1) is 12.3 Å². The molecule has 3 rings (SSSR count). The summed E-state index contributed by atoms with van der Waals surface area (Å²) in [4.78, 5) is 4.25. The number of nitrogens with zero attached hydrogens (tertiary/aromatic N) is 1. The number of benzene rings is 1. The van der Waals surface area contributed by atoms with Gasteiger partial charge in [0.1, 0.15) is 13.2 Å².